The molecule has 0 spiro atoms. The van der Waals surface area contributed by atoms with Crippen LogP contribution < -0.4 is 10.6 Å². The Balaban J connectivity index is 2.78. The Hall–Kier alpha value is -2.08. The van der Waals surface area contributed by atoms with Gasteiger partial charge in [0, 0.05) is 18.7 Å². The second-order valence-corrected chi connectivity index (χ2v) is 4.46. The molecule has 0 aliphatic carbocycles. The van der Waals surface area contributed by atoms with Crippen LogP contribution >= 0.6 is 0 Å². The van der Waals surface area contributed by atoms with E-state index in [1.807, 2.05) is 32.0 Å². The molecule has 1 aromatic rings. The summed E-state index contributed by atoms with van der Waals surface area (Å²) in [4.78, 5) is 22.8. The number of benzene rings is 1. The fourth-order valence-electron chi connectivity index (χ4n) is 1.90. The molecule has 0 radical (unpaired) electrons. The van der Waals surface area contributed by atoms with Crippen molar-refractivity contribution in [2.75, 3.05) is 11.9 Å². The first kappa shape index (κ1) is 16.0. The van der Waals surface area contributed by atoms with E-state index in [-0.39, 0.29) is 13.0 Å². The van der Waals surface area contributed by atoms with E-state index in [1.54, 1.807) is 0 Å². The number of anilines is 1. The van der Waals surface area contributed by atoms with Gasteiger partial charge in [0.15, 0.2) is 0 Å². The average molecular weight is 280 g/mol. The van der Waals surface area contributed by atoms with Gasteiger partial charge in [0.25, 0.3) is 0 Å². The van der Waals surface area contributed by atoms with E-state index in [9.17, 15) is 9.59 Å². The largest absolute Gasteiger partial charge is 0.480 e. The minimum Gasteiger partial charge on any atom is -0.480 e. The molecule has 20 heavy (non-hydrogen) atoms. The summed E-state index contributed by atoms with van der Waals surface area (Å²) in [5, 5.41) is 22.7. The van der Waals surface area contributed by atoms with Crippen molar-refractivity contribution < 1.29 is 19.8 Å². The van der Waals surface area contributed by atoms with Gasteiger partial charge >= 0.3 is 12.0 Å². The van der Waals surface area contributed by atoms with Crippen molar-refractivity contribution in [3.8, 4) is 0 Å². The summed E-state index contributed by atoms with van der Waals surface area (Å²) in [7, 11) is 0. The fourth-order valence-corrected chi connectivity index (χ4v) is 1.90. The van der Waals surface area contributed by atoms with Gasteiger partial charge in [0.2, 0.25) is 0 Å². The highest BCUT2D eigenvalue weighted by Crippen LogP contribution is 2.20. The lowest BCUT2D eigenvalue weighted by Gasteiger charge is -2.17. The molecule has 1 atom stereocenters. The first-order valence-electron chi connectivity index (χ1n) is 6.49. The Morgan fingerprint density at radius 1 is 1.35 bits per heavy atom. The average Bonchev–Trinajstić information content (AvgIpc) is 2.40. The highest BCUT2D eigenvalue weighted by atomic mass is 16.4. The molecule has 1 aromatic carbocycles. The maximum Gasteiger partial charge on any atom is 0.326 e. The molecule has 0 saturated heterocycles. The van der Waals surface area contributed by atoms with Crippen molar-refractivity contribution in [2.24, 2.45) is 0 Å². The number of amides is 2. The predicted molar refractivity (Wildman–Crippen MR) is 75.8 cm³/mol. The third-order valence-electron chi connectivity index (χ3n) is 3.00. The number of carboxylic acids is 1. The fraction of sp³-hybridized carbons (Fsp3) is 0.429. The molecule has 0 unspecified atom stereocenters. The molecule has 2 amide bonds. The number of hydrogen-bond acceptors (Lipinski definition) is 3. The second-order valence-electron chi connectivity index (χ2n) is 4.46. The topological polar surface area (TPSA) is 98.7 Å². The molecular formula is C14H20N2O4. The van der Waals surface area contributed by atoms with Gasteiger partial charge in [-0.2, -0.15) is 0 Å². The van der Waals surface area contributed by atoms with Crippen molar-refractivity contribution >= 4 is 17.7 Å². The Bertz CT molecular complexity index is 488. The second kappa shape index (κ2) is 7.49. The van der Waals surface area contributed by atoms with Gasteiger partial charge in [0.05, 0.1) is 0 Å². The minimum absolute atomic E-state index is 0.0306. The first-order chi connectivity index (χ1) is 9.49. The summed E-state index contributed by atoms with van der Waals surface area (Å²) in [6, 6.07) is 3.99. The molecule has 6 heteroatoms. The van der Waals surface area contributed by atoms with Crippen molar-refractivity contribution in [2.45, 2.75) is 32.7 Å². The Morgan fingerprint density at radius 2 is 2.05 bits per heavy atom. The zero-order valence-electron chi connectivity index (χ0n) is 11.6. The molecule has 0 aliphatic rings. The zero-order chi connectivity index (χ0) is 15.1. The third-order valence-corrected chi connectivity index (χ3v) is 3.00. The van der Waals surface area contributed by atoms with Gasteiger partial charge in [-0.15, -0.1) is 0 Å². The summed E-state index contributed by atoms with van der Waals surface area (Å²) in [5.74, 6) is -1.17. The number of aliphatic carboxylic acids is 1. The molecule has 0 bridgehead atoms. The quantitative estimate of drug-likeness (QED) is 0.635. The van der Waals surface area contributed by atoms with Gasteiger partial charge in [-0.05, 0) is 24.5 Å². The SMILES string of the molecule is CCc1cccc(C)c1NC(=O)N[C@@H](CCO)C(=O)O. The molecule has 0 aromatic heterocycles. The van der Waals surface area contributed by atoms with Crippen LogP contribution in [0.2, 0.25) is 0 Å². The third kappa shape index (κ3) is 4.24. The minimum atomic E-state index is -1.17. The lowest BCUT2D eigenvalue weighted by Crippen LogP contribution is -2.43. The first-order valence-corrected chi connectivity index (χ1v) is 6.49. The molecule has 110 valence electrons. The van der Waals surface area contributed by atoms with Gasteiger partial charge in [-0.25, -0.2) is 9.59 Å². The van der Waals surface area contributed by atoms with Gasteiger partial charge in [0.1, 0.15) is 6.04 Å². The predicted octanol–water partition coefficient (Wildman–Crippen LogP) is 1.51. The zero-order valence-corrected chi connectivity index (χ0v) is 11.6. The van der Waals surface area contributed by atoms with Gasteiger partial charge < -0.3 is 20.8 Å². The van der Waals surface area contributed by atoms with E-state index >= 15 is 0 Å². The summed E-state index contributed by atoms with van der Waals surface area (Å²) in [6.45, 7) is 3.54. The van der Waals surface area contributed by atoms with Crippen LogP contribution in [0.5, 0.6) is 0 Å². The van der Waals surface area contributed by atoms with Gasteiger partial charge in [-0.3, -0.25) is 0 Å². The van der Waals surface area contributed by atoms with E-state index in [1.165, 1.54) is 0 Å². The number of aliphatic hydroxyl groups excluding tert-OH is 1. The highest BCUT2D eigenvalue weighted by molar-refractivity contribution is 5.93. The van der Waals surface area contributed by atoms with Crippen LogP contribution in [0.1, 0.15) is 24.5 Å². The summed E-state index contributed by atoms with van der Waals surface area (Å²) >= 11 is 0. The van der Waals surface area contributed by atoms with Crippen LogP contribution in [-0.4, -0.2) is 34.9 Å². The number of hydrogen-bond donors (Lipinski definition) is 4. The molecular weight excluding hydrogens is 260 g/mol. The maximum atomic E-state index is 11.9. The number of urea groups is 1. The number of rotatable bonds is 6. The Morgan fingerprint density at radius 3 is 2.60 bits per heavy atom. The summed E-state index contributed by atoms with van der Waals surface area (Å²) < 4.78 is 0. The molecule has 0 saturated carbocycles. The Labute approximate surface area is 117 Å². The molecule has 0 aliphatic heterocycles. The Kier molecular flexibility index (Phi) is 5.99. The van der Waals surface area contributed by atoms with Crippen LogP contribution in [0.4, 0.5) is 10.5 Å². The lowest BCUT2D eigenvalue weighted by molar-refractivity contribution is -0.139. The highest BCUT2D eigenvalue weighted by Gasteiger charge is 2.19. The maximum absolute atomic E-state index is 11.9. The molecule has 1 rings (SSSR count). The van der Waals surface area contributed by atoms with Crippen molar-refractivity contribution in [1.29, 1.82) is 0 Å². The van der Waals surface area contributed by atoms with E-state index in [0.29, 0.717) is 5.69 Å². The van der Waals surface area contributed by atoms with Gasteiger partial charge in [-0.1, -0.05) is 25.1 Å². The number of carboxylic acid groups (broad SMARTS) is 1. The lowest BCUT2D eigenvalue weighted by atomic mass is 10.1. The van der Waals surface area contributed by atoms with Crippen molar-refractivity contribution in [1.82, 2.24) is 5.32 Å². The molecule has 0 heterocycles. The van der Waals surface area contributed by atoms with Crippen LogP contribution in [0.15, 0.2) is 18.2 Å². The van der Waals surface area contributed by atoms with Crippen molar-refractivity contribution in [3.05, 3.63) is 29.3 Å². The summed E-state index contributed by atoms with van der Waals surface area (Å²) in [5.41, 5.74) is 2.59. The normalized spacial score (nSPS) is 11.8. The standard InChI is InChI=1S/C14H20N2O4/c1-3-10-6-4-5-9(2)12(10)16-14(20)15-11(7-8-17)13(18)19/h4-6,11,17H,3,7-8H2,1-2H3,(H,18,19)(H2,15,16,20)/t11-/m0/s1. The van der Waals surface area contributed by atoms with Crippen LogP contribution in [0.3, 0.4) is 0 Å². The number of carbonyl (C=O) groups excluding carboxylic acids is 1. The van der Waals surface area contributed by atoms with Crippen LogP contribution in [0, 0.1) is 6.92 Å². The van der Waals surface area contributed by atoms with E-state index in [0.717, 1.165) is 17.5 Å². The molecule has 0 fully saturated rings. The number of nitrogens with one attached hydrogen (secondary N) is 2. The molecule has 6 nitrogen and oxygen atoms in total. The van der Waals surface area contributed by atoms with Crippen LogP contribution in [-0.2, 0) is 11.2 Å². The number of para-hydroxylation sites is 1. The smallest absolute Gasteiger partial charge is 0.326 e. The number of carbonyl (C=O) groups is 2. The number of aliphatic hydroxyl groups is 1. The monoisotopic (exact) mass is 280 g/mol. The summed E-state index contributed by atoms with van der Waals surface area (Å²) in [6.07, 6.45) is 0.730. The van der Waals surface area contributed by atoms with E-state index < -0.39 is 18.0 Å². The number of aryl methyl sites for hydroxylation is 2. The molecule has 4 N–H and O–H groups in total. The van der Waals surface area contributed by atoms with Crippen LogP contribution in [0.25, 0.3) is 0 Å². The van der Waals surface area contributed by atoms with E-state index in [2.05, 4.69) is 10.6 Å². The van der Waals surface area contributed by atoms with Crippen molar-refractivity contribution in [3.63, 3.8) is 0 Å². The van der Waals surface area contributed by atoms with E-state index in [4.69, 9.17) is 10.2 Å².